The highest BCUT2D eigenvalue weighted by Crippen LogP contribution is 2.37. The predicted molar refractivity (Wildman–Crippen MR) is 133 cm³/mol. The molecule has 1 atom stereocenters. The van der Waals surface area contributed by atoms with Crippen LogP contribution in [-0.2, 0) is 6.54 Å². The molecule has 172 valence electrons. The first-order valence-electron chi connectivity index (χ1n) is 11.4. The van der Waals surface area contributed by atoms with Gasteiger partial charge >= 0.3 is 6.03 Å². The van der Waals surface area contributed by atoms with Crippen molar-refractivity contribution >= 4 is 11.7 Å². The topological polar surface area (TPSA) is 55.7 Å². The minimum atomic E-state index is -0.288. The number of aromatic nitrogens is 1. The maximum Gasteiger partial charge on any atom is 0.322 e. The highest BCUT2D eigenvalue weighted by molar-refractivity contribution is 5.90. The molecule has 1 aromatic heterocycles. The van der Waals surface area contributed by atoms with Crippen molar-refractivity contribution in [3.63, 3.8) is 0 Å². The Kier molecular flexibility index (Phi) is 5.95. The number of para-hydroxylation sites is 1. The van der Waals surface area contributed by atoms with Crippen molar-refractivity contribution in [3.05, 3.63) is 108 Å². The van der Waals surface area contributed by atoms with E-state index in [2.05, 4.69) is 34.3 Å². The zero-order chi connectivity index (χ0) is 23.5. The van der Waals surface area contributed by atoms with Crippen LogP contribution in [0, 0.1) is 0 Å². The summed E-state index contributed by atoms with van der Waals surface area (Å²) in [4.78, 5) is 15.6. The van der Waals surface area contributed by atoms with Gasteiger partial charge in [0.2, 0.25) is 0 Å². The molecule has 5 rings (SSSR count). The molecule has 2 heterocycles. The number of urea groups is 1. The quantitative estimate of drug-likeness (QED) is 0.402. The van der Waals surface area contributed by atoms with E-state index < -0.39 is 0 Å². The Labute approximate surface area is 199 Å². The van der Waals surface area contributed by atoms with Crippen LogP contribution >= 0.6 is 0 Å². The number of anilines is 1. The number of amides is 2. The van der Waals surface area contributed by atoms with E-state index in [-0.39, 0.29) is 12.1 Å². The molecule has 6 nitrogen and oxygen atoms in total. The summed E-state index contributed by atoms with van der Waals surface area (Å²) in [6, 6.07) is 27.2. The third kappa shape index (κ3) is 4.10. The number of carbonyl (C=O) groups is 1. The van der Waals surface area contributed by atoms with Gasteiger partial charge in [0.05, 0.1) is 32.0 Å². The Morgan fingerprint density at radius 2 is 1.79 bits per heavy atom. The Bertz CT molecular complexity index is 1300. The standard InChI is InChI=1S/C28H27N3O3/c1-3-34-23-15-13-20(14-16-23)27-26-12-7-17-30(26)25-11-5-4-8-21(25)19-31(27)28(32)29-22-9-6-10-24(18-22)33-2/h4-18,27H,3,19H2,1-2H3,(H,29,32). The van der Waals surface area contributed by atoms with Gasteiger partial charge in [-0.2, -0.15) is 0 Å². The number of methoxy groups -OCH3 is 1. The maximum atomic E-state index is 13.8. The summed E-state index contributed by atoms with van der Waals surface area (Å²) in [6.07, 6.45) is 2.05. The average Bonchev–Trinajstić information content (AvgIpc) is 3.29. The Morgan fingerprint density at radius 1 is 0.971 bits per heavy atom. The second-order valence-electron chi connectivity index (χ2n) is 8.13. The van der Waals surface area contributed by atoms with Crippen molar-refractivity contribution in [2.45, 2.75) is 19.5 Å². The number of hydrogen-bond donors (Lipinski definition) is 1. The summed E-state index contributed by atoms with van der Waals surface area (Å²) in [7, 11) is 1.61. The molecular formula is C28H27N3O3. The van der Waals surface area contributed by atoms with Gasteiger partial charge in [-0.3, -0.25) is 0 Å². The first kappa shape index (κ1) is 21.6. The van der Waals surface area contributed by atoms with Gasteiger partial charge in [0.25, 0.3) is 0 Å². The van der Waals surface area contributed by atoms with Gasteiger partial charge in [-0.05, 0) is 60.5 Å². The summed E-state index contributed by atoms with van der Waals surface area (Å²) in [5, 5.41) is 3.07. The third-order valence-corrected chi connectivity index (χ3v) is 6.05. The van der Waals surface area contributed by atoms with Crippen molar-refractivity contribution < 1.29 is 14.3 Å². The fourth-order valence-corrected chi connectivity index (χ4v) is 4.50. The zero-order valence-electron chi connectivity index (χ0n) is 19.3. The van der Waals surface area contributed by atoms with Crippen molar-refractivity contribution in [3.8, 4) is 17.2 Å². The SMILES string of the molecule is CCOc1ccc(C2c3cccn3-c3ccccc3CN2C(=O)Nc2cccc(OC)c2)cc1. The summed E-state index contributed by atoms with van der Waals surface area (Å²) >= 11 is 0. The molecule has 0 saturated carbocycles. The van der Waals surface area contributed by atoms with Crippen molar-refractivity contribution in [2.75, 3.05) is 19.0 Å². The van der Waals surface area contributed by atoms with Gasteiger partial charge < -0.3 is 24.3 Å². The normalized spacial score (nSPS) is 14.5. The van der Waals surface area contributed by atoms with Crippen LogP contribution in [0.25, 0.3) is 5.69 Å². The number of ether oxygens (including phenoxy) is 2. The van der Waals surface area contributed by atoms with Crippen molar-refractivity contribution in [2.24, 2.45) is 0 Å². The largest absolute Gasteiger partial charge is 0.497 e. The molecule has 0 bridgehead atoms. The minimum absolute atomic E-state index is 0.184. The third-order valence-electron chi connectivity index (χ3n) is 6.05. The molecule has 3 aromatic carbocycles. The molecule has 1 N–H and O–H groups in total. The van der Waals surface area contributed by atoms with Gasteiger partial charge in [0.15, 0.2) is 0 Å². The monoisotopic (exact) mass is 453 g/mol. The zero-order valence-corrected chi connectivity index (χ0v) is 19.3. The fourth-order valence-electron chi connectivity index (χ4n) is 4.50. The van der Waals surface area contributed by atoms with Crippen LogP contribution in [0.1, 0.15) is 29.8 Å². The molecule has 0 spiro atoms. The van der Waals surface area contributed by atoms with E-state index in [1.165, 1.54) is 0 Å². The summed E-state index contributed by atoms with van der Waals surface area (Å²) in [6.45, 7) is 3.04. The molecule has 0 saturated heterocycles. The first-order valence-corrected chi connectivity index (χ1v) is 11.4. The number of carbonyl (C=O) groups excluding carboxylic acids is 1. The lowest BCUT2D eigenvalue weighted by molar-refractivity contribution is 0.194. The van der Waals surface area contributed by atoms with E-state index in [0.29, 0.717) is 24.6 Å². The van der Waals surface area contributed by atoms with Gasteiger partial charge in [-0.25, -0.2) is 4.79 Å². The smallest absolute Gasteiger partial charge is 0.322 e. The number of nitrogens with one attached hydrogen (secondary N) is 1. The van der Waals surface area contributed by atoms with E-state index in [1.54, 1.807) is 7.11 Å². The highest BCUT2D eigenvalue weighted by atomic mass is 16.5. The van der Waals surface area contributed by atoms with Gasteiger partial charge in [-0.1, -0.05) is 36.4 Å². The number of rotatable bonds is 5. The van der Waals surface area contributed by atoms with Crippen LogP contribution in [0.2, 0.25) is 0 Å². The van der Waals surface area contributed by atoms with E-state index >= 15 is 0 Å². The second kappa shape index (κ2) is 9.35. The number of benzene rings is 3. The van der Waals surface area contributed by atoms with Crippen LogP contribution in [-0.4, -0.2) is 29.2 Å². The average molecular weight is 454 g/mol. The van der Waals surface area contributed by atoms with Crippen LogP contribution in [0.3, 0.4) is 0 Å². The van der Waals surface area contributed by atoms with Crippen LogP contribution in [0.15, 0.2) is 91.1 Å². The lowest BCUT2D eigenvalue weighted by Crippen LogP contribution is -2.37. The second-order valence-corrected chi connectivity index (χ2v) is 8.13. The van der Waals surface area contributed by atoms with Gasteiger partial charge in [0.1, 0.15) is 11.5 Å². The molecule has 1 aliphatic heterocycles. The van der Waals surface area contributed by atoms with Crippen LogP contribution in [0.5, 0.6) is 11.5 Å². The summed E-state index contributed by atoms with van der Waals surface area (Å²) < 4.78 is 13.1. The van der Waals surface area contributed by atoms with Crippen molar-refractivity contribution in [1.29, 1.82) is 0 Å². The Morgan fingerprint density at radius 3 is 2.59 bits per heavy atom. The first-order chi connectivity index (χ1) is 16.7. The lowest BCUT2D eigenvalue weighted by Gasteiger charge is -2.31. The maximum absolute atomic E-state index is 13.8. The molecule has 1 unspecified atom stereocenters. The number of nitrogens with zero attached hydrogens (tertiary/aromatic N) is 2. The fraction of sp³-hybridized carbons (Fsp3) is 0.179. The molecule has 1 aliphatic rings. The summed E-state index contributed by atoms with van der Waals surface area (Å²) in [5.41, 5.74) is 4.87. The molecule has 0 fully saturated rings. The van der Waals surface area contributed by atoms with E-state index in [4.69, 9.17) is 9.47 Å². The van der Waals surface area contributed by atoms with E-state index in [9.17, 15) is 4.79 Å². The Hall–Kier alpha value is -4.19. The number of fused-ring (bicyclic) bond motifs is 3. The highest BCUT2D eigenvalue weighted by Gasteiger charge is 2.33. The van der Waals surface area contributed by atoms with E-state index in [1.807, 2.05) is 78.6 Å². The van der Waals surface area contributed by atoms with Gasteiger partial charge in [0, 0.05) is 23.6 Å². The molecule has 4 aromatic rings. The minimum Gasteiger partial charge on any atom is -0.497 e. The Balaban J connectivity index is 1.58. The predicted octanol–water partition coefficient (Wildman–Crippen LogP) is 6.02. The molecule has 34 heavy (non-hydrogen) atoms. The molecular weight excluding hydrogens is 426 g/mol. The van der Waals surface area contributed by atoms with Gasteiger partial charge in [-0.15, -0.1) is 0 Å². The molecule has 2 amide bonds. The van der Waals surface area contributed by atoms with Crippen molar-refractivity contribution in [1.82, 2.24) is 9.47 Å². The van der Waals surface area contributed by atoms with Crippen LogP contribution in [0.4, 0.5) is 10.5 Å². The lowest BCUT2D eigenvalue weighted by atomic mass is 10.0. The molecule has 0 aliphatic carbocycles. The van der Waals surface area contributed by atoms with Crippen LogP contribution < -0.4 is 14.8 Å². The summed E-state index contributed by atoms with van der Waals surface area (Å²) in [5.74, 6) is 1.50. The molecule has 6 heteroatoms. The number of hydrogen-bond acceptors (Lipinski definition) is 3. The van der Waals surface area contributed by atoms with E-state index in [0.717, 1.165) is 28.3 Å². The molecule has 0 radical (unpaired) electrons.